The Morgan fingerprint density at radius 1 is 1.33 bits per heavy atom. The van der Waals surface area contributed by atoms with Crippen LogP contribution in [0.2, 0.25) is 0 Å². The molecule has 74 valence electrons. The highest BCUT2D eigenvalue weighted by molar-refractivity contribution is 5.66. The highest BCUT2D eigenvalue weighted by Crippen LogP contribution is 2.18. The fourth-order valence-electron chi connectivity index (χ4n) is 1.49. The number of pyridine rings is 1. The Kier molecular flexibility index (Phi) is 1.49. The van der Waals surface area contributed by atoms with Crippen molar-refractivity contribution < 1.29 is 0 Å². The van der Waals surface area contributed by atoms with E-state index in [1.165, 1.54) is 0 Å². The summed E-state index contributed by atoms with van der Waals surface area (Å²) in [7, 11) is 0. The zero-order chi connectivity index (χ0) is 10.3. The van der Waals surface area contributed by atoms with Crippen molar-refractivity contribution in [2.45, 2.75) is 0 Å². The van der Waals surface area contributed by atoms with Crippen molar-refractivity contribution in [3.8, 4) is 11.1 Å². The van der Waals surface area contributed by atoms with Gasteiger partial charge < -0.3 is 5.73 Å². The number of hydrogen-bond donors (Lipinski definition) is 2. The number of aromatic amines is 1. The van der Waals surface area contributed by atoms with Gasteiger partial charge in [0.2, 0.25) is 5.95 Å². The van der Waals surface area contributed by atoms with Crippen LogP contribution in [0.1, 0.15) is 0 Å². The monoisotopic (exact) mass is 200 g/mol. The predicted octanol–water partition coefficient (Wildman–Crippen LogP) is 0.702. The minimum Gasteiger partial charge on any atom is -0.366 e. The molecule has 3 heterocycles. The molecule has 6 heteroatoms. The van der Waals surface area contributed by atoms with Gasteiger partial charge in [-0.15, -0.1) is 5.10 Å². The Morgan fingerprint density at radius 2 is 2.27 bits per heavy atom. The molecule has 0 saturated carbocycles. The minimum atomic E-state index is 0.277. The lowest BCUT2D eigenvalue weighted by atomic mass is 10.1. The molecule has 3 aromatic heterocycles. The average molecular weight is 200 g/mol. The normalized spacial score (nSPS) is 10.9. The number of aromatic nitrogens is 5. The highest BCUT2D eigenvalue weighted by atomic mass is 15.3. The molecule has 0 aromatic carbocycles. The summed E-state index contributed by atoms with van der Waals surface area (Å²) in [5, 5.41) is 10.7. The molecule has 0 atom stereocenters. The van der Waals surface area contributed by atoms with Crippen LogP contribution in [-0.2, 0) is 0 Å². The van der Waals surface area contributed by atoms with E-state index in [2.05, 4.69) is 20.3 Å². The lowest BCUT2D eigenvalue weighted by Gasteiger charge is -1.96. The maximum absolute atomic E-state index is 5.50. The first-order valence-corrected chi connectivity index (χ1v) is 4.44. The third kappa shape index (κ3) is 1.23. The van der Waals surface area contributed by atoms with Crippen LogP contribution >= 0.6 is 0 Å². The van der Waals surface area contributed by atoms with Gasteiger partial charge in [0.1, 0.15) is 0 Å². The minimum absolute atomic E-state index is 0.277. The molecule has 0 fully saturated rings. The molecule has 0 spiro atoms. The van der Waals surface area contributed by atoms with Crippen LogP contribution in [0.4, 0.5) is 5.95 Å². The first-order valence-electron chi connectivity index (χ1n) is 4.44. The lowest BCUT2D eigenvalue weighted by Crippen LogP contribution is -1.88. The predicted molar refractivity (Wildman–Crippen MR) is 55.0 cm³/mol. The number of nitrogen functional groups attached to an aromatic ring is 1. The first kappa shape index (κ1) is 7.98. The van der Waals surface area contributed by atoms with E-state index in [0.29, 0.717) is 0 Å². The molecule has 0 amide bonds. The molecule has 0 radical (unpaired) electrons. The maximum Gasteiger partial charge on any atom is 0.240 e. The molecule has 0 bridgehead atoms. The summed E-state index contributed by atoms with van der Waals surface area (Å²) in [6.07, 6.45) is 5.40. The largest absolute Gasteiger partial charge is 0.366 e. The van der Waals surface area contributed by atoms with Crippen molar-refractivity contribution in [1.82, 2.24) is 24.8 Å². The molecule has 6 nitrogen and oxygen atoms in total. The van der Waals surface area contributed by atoms with Crippen molar-refractivity contribution in [2.75, 3.05) is 5.73 Å². The molecule has 0 aliphatic rings. The van der Waals surface area contributed by atoms with Crippen LogP contribution in [-0.4, -0.2) is 24.8 Å². The Morgan fingerprint density at radius 3 is 3.07 bits per heavy atom. The van der Waals surface area contributed by atoms with Crippen LogP contribution in [0.15, 0.2) is 30.7 Å². The van der Waals surface area contributed by atoms with Crippen LogP contribution < -0.4 is 5.73 Å². The van der Waals surface area contributed by atoms with Gasteiger partial charge in [0.05, 0.1) is 6.20 Å². The molecule has 0 aliphatic carbocycles. The smallest absolute Gasteiger partial charge is 0.240 e. The third-order valence-corrected chi connectivity index (χ3v) is 2.19. The van der Waals surface area contributed by atoms with Crippen molar-refractivity contribution in [3.05, 3.63) is 30.7 Å². The van der Waals surface area contributed by atoms with Gasteiger partial charge in [0.25, 0.3) is 0 Å². The fraction of sp³-hybridized carbons (Fsp3) is 0. The number of nitrogens with two attached hydrogens (primary N) is 1. The number of H-pyrrole nitrogens is 1. The van der Waals surface area contributed by atoms with Crippen LogP contribution in [0.5, 0.6) is 0 Å². The second-order valence-corrected chi connectivity index (χ2v) is 3.18. The van der Waals surface area contributed by atoms with Crippen LogP contribution in [0.25, 0.3) is 16.8 Å². The van der Waals surface area contributed by atoms with Crippen molar-refractivity contribution in [1.29, 1.82) is 0 Å². The van der Waals surface area contributed by atoms with Gasteiger partial charge >= 0.3 is 0 Å². The van der Waals surface area contributed by atoms with Gasteiger partial charge in [-0.25, -0.2) is 4.52 Å². The molecule has 3 aromatic rings. The SMILES string of the molecule is Nc1nc2cc(-c3cn[nH]c3)ccn2n1. The summed E-state index contributed by atoms with van der Waals surface area (Å²) in [5.41, 5.74) is 8.27. The molecular weight excluding hydrogens is 192 g/mol. The van der Waals surface area contributed by atoms with E-state index in [0.717, 1.165) is 16.8 Å². The number of hydrogen-bond acceptors (Lipinski definition) is 4. The van der Waals surface area contributed by atoms with E-state index >= 15 is 0 Å². The maximum atomic E-state index is 5.50. The van der Waals surface area contributed by atoms with E-state index in [1.807, 2.05) is 24.5 Å². The number of rotatable bonds is 1. The fourth-order valence-corrected chi connectivity index (χ4v) is 1.49. The molecule has 15 heavy (non-hydrogen) atoms. The van der Waals surface area contributed by atoms with Gasteiger partial charge in [-0.1, -0.05) is 0 Å². The van der Waals surface area contributed by atoms with E-state index in [-0.39, 0.29) is 5.95 Å². The summed E-state index contributed by atoms with van der Waals surface area (Å²) in [6.45, 7) is 0. The van der Waals surface area contributed by atoms with Gasteiger partial charge in [0.15, 0.2) is 5.65 Å². The third-order valence-electron chi connectivity index (χ3n) is 2.19. The first-order chi connectivity index (χ1) is 7.33. The van der Waals surface area contributed by atoms with Crippen molar-refractivity contribution >= 4 is 11.6 Å². The second-order valence-electron chi connectivity index (χ2n) is 3.18. The topological polar surface area (TPSA) is 84.9 Å². The standard InChI is InChI=1S/C9H8N6/c10-9-13-8-3-6(1-2-15(8)14-9)7-4-11-12-5-7/h1-5H,(H2,10,14)(H,11,12). The summed E-state index contributed by atoms with van der Waals surface area (Å²) in [4.78, 5) is 4.08. The van der Waals surface area contributed by atoms with E-state index in [1.54, 1.807) is 10.7 Å². The molecular formula is C9H8N6. The summed E-state index contributed by atoms with van der Waals surface area (Å²) in [6, 6.07) is 3.85. The zero-order valence-electron chi connectivity index (χ0n) is 7.75. The Bertz CT molecular complexity index is 594. The lowest BCUT2D eigenvalue weighted by molar-refractivity contribution is 0.968. The Labute approximate surface area is 84.8 Å². The summed E-state index contributed by atoms with van der Waals surface area (Å²) in [5.74, 6) is 0.277. The van der Waals surface area contributed by atoms with Crippen molar-refractivity contribution in [2.24, 2.45) is 0 Å². The van der Waals surface area contributed by atoms with Gasteiger partial charge in [-0.2, -0.15) is 10.1 Å². The van der Waals surface area contributed by atoms with Crippen LogP contribution in [0.3, 0.4) is 0 Å². The van der Waals surface area contributed by atoms with Crippen LogP contribution in [0, 0.1) is 0 Å². The zero-order valence-corrected chi connectivity index (χ0v) is 7.75. The Balaban J connectivity index is 2.21. The molecule has 0 saturated heterocycles. The second kappa shape index (κ2) is 2.81. The van der Waals surface area contributed by atoms with Gasteiger partial charge in [-0.3, -0.25) is 5.10 Å². The van der Waals surface area contributed by atoms with Gasteiger partial charge in [-0.05, 0) is 17.7 Å². The highest BCUT2D eigenvalue weighted by Gasteiger charge is 2.03. The number of nitrogens with one attached hydrogen (secondary N) is 1. The average Bonchev–Trinajstić information content (AvgIpc) is 2.82. The van der Waals surface area contributed by atoms with Gasteiger partial charge in [0, 0.05) is 18.0 Å². The molecule has 3 N–H and O–H groups in total. The number of nitrogens with zero attached hydrogens (tertiary/aromatic N) is 4. The quantitative estimate of drug-likeness (QED) is 0.605. The van der Waals surface area contributed by atoms with E-state index in [9.17, 15) is 0 Å². The van der Waals surface area contributed by atoms with E-state index in [4.69, 9.17) is 5.73 Å². The van der Waals surface area contributed by atoms with E-state index < -0.39 is 0 Å². The molecule has 0 unspecified atom stereocenters. The molecule has 0 aliphatic heterocycles. The summed E-state index contributed by atoms with van der Waals surface area (Å²) >= 11 is 0. The number of anilines is 1. The Hall–Kier alpha value is -2.37. The van der Waals surface area contributed by atoms with Crippen molar-refractivity contribution in [3.63, 3.8) is 0 Å². The number of fused-ring (bicyclic) bond motifs is 1. The summed E-state index contributed by atoms with van der Waals surface area (Å²) < 4.78 is 1.64. The molecule has 3 rings (SSSR count).